The second-order valence-electron chi connectivity index (χ2n) is 5.09. The van der Waals surface area contributed by atoms with Crippen LogP contribution in [0.2, 0.25) is 0 Å². The summed E-state index contributed by atoms with van der Waals surface area (Å²) in [6, 6.07) is 0. The number of esters is 1. The van der Waals surface area contributed by atoms with Crippen molar-refractivity contribution in [1.82, 2.24) is 5.32 Å². The molecule has 20 heavy (non-hydrogen) atoms. The number of alkyl carbamates (subject to hydrolysis) is 1. The molecule has 0 aromatic heterocycles. The fourth-order valence-corrected chi connectivity index (χ4v) is 1.70. The molecule has 0 fully saturated rings. The number of ether oxygens (including phenoxy) is 2. The molecular weight excluding hydrogens is 258 g/mol. The Morgan fingerprint density at radius 3 is 2.30 bits per heavy atom. The summed E-state index contributed by atoms with van der Waals surface area (Å²) in [6.07, 6.45) is 1.85. The first-order valence-corrected chi connectivity index (χ1v) is 7.22. The molecule has 0 radical (unpaired) electrons. The van der Waals surface area contributed by atoms with Crippen molar-refractivity contribution in [2.24, 2.45) is 5.92 Å². The maximum Gasteiger partial charge on any atom is 0.411 e. The molecule has 0 rings (SSSR count). The Morgan fingerprint density at radius 2 is 1.80 bits per heavy atom. The van der Waals surface area contributed by atoms with Crippen LogP contribution >= 0.6 is 0 Å². The molecule has 0 aliphatic carbocycles. The van der Waals surface area contributed by atoms with Gasteiger partial charge in [0.2, 0.25) is 0 Å². The molecule has 0 spiro atoms. The molecule has 0 bridgehead atoms. The van der Waals surface area contributed by atoms with Crippen LogP contribution in [-0.2, 0) is 14.3 Å². The first-order chi connectivity index (χ1) is 9.42. The number of rotatable bonds is 8. The minimum absolute atomic E-state index is 0.196. The minimum atomic E-state index is -0.607. The summed E-state index contributed by atoms with van der Waals surface area (Å²) in [5, 5.41) is 2.51. The second-order valence-corrected chi connectivity index (χ2v) is 5.09. The zero-order valence-corrected chi connectivity index (χ0v) is 13.2. The van der Waals surface area contributed by atoms with Gasteiger partial charge in [0.1, 0.15) is 5.70 Å². The molecule has 5 nitrogen and oxygen atoms in total. The smallest absolute Gasteiger partial charge is 0.411 e. The maximum absolute atomic E-state index is 11.9. The quantitative estimate of drug-likeness (QED) is 0.422. The second kappa shape index (κ2) is 10.3. The highest BCUT2D eigenvalue weighted by Crippen LogP contribution is 2.14. The summed E-state index contributed by atoms with van der Waals surface area (Å²) in [7, 11) is 0. The maximum atomic E-state index is 11.9. The van der Waals surface area contributed by atoms with Gasteiger partial charge in [-0.05, 0) is 38.2 Å². The lowest BCUT2D eigenvalue weighted by Gasteiger charge is -2.14. The number of unbranched alkanes of at least 4 members (excludes halogenated alkanes) is 1. The lowest BCUT2D eigenvalue weighted by Crippen LogP contribution is -2.30. The van der Waals surface area contributed by atoms with Crippen molar-refractivity contribution in [2.75, 3.05) is 13.2 Å². The lowest BCUT2D eigenvalue weighted by molar-refractivity contribution is -0.139. The Morgan fingerprint density at radius 1 is 1.15 bits per heavy atom. The van der Waals surface area contributed by atoms with Crippen LogP contribution in [0.15, 0.2) is 11.3 Å². The van der Waals surface area contributed by atoms with Crippen molar-refractivity contribution in [3.63, 3.8) is 0 Å². The monoisotopic (exact) mass is 285 g/mol. The zero-order valence-electron chi connectivity index (χ0n) is 13.2. The molecule has 0 unspecified atom stereocenters. The van der Waals surface area contributed by atoms with Crippen molar-refractivity contribution in [2.45, 2.75) is 53.9 Å². The van der Waals surface area contributed by atoms with Gasteiger partial charge in [0, 0.05) is 0 Å². The van der Waals surface area contributed by atoms with E-state index < -0.39 is 12.1 Å². The Labute approximate surface area is 121 Å². The van der Waals surface area contributed by atoms with E-state index in [0.717, 1.165) is 18.4 Å². The largest absolute Gasteiger partial charge is 0.461 e. The molecule has 0 saturated heterocycles. The van der Waals surface area contributed by atoms with E-state index >= 15 is 0 Å². The van der Waals surface area contributed by atoms with Gasteiger partial charge in [-0.3, -0.25) is 5.32 Å². The zero-order chi connectivity index (χ0) is 15.5. The summed E-state index contributed by atoms with van der Waals surface area (Å²) in [5.41, 5.74) is 0.993. The summed E-state index contributed by atoms with van der Waals surface area (Å²) in [5.74, 6) is -0.129. The number of allylic oxidation sites excluding steroid dienone is 1. The van der Waals surface area contributed by atoms with Gasteiger partial charge in [0.15, 0.2) is 0 Å². The molecule has 0 aromatic carbocycles. The van der Waals surface area contributed by atoms with Crippen LogP contribution in [0, 0.1) is 5.92 Å². The number of hydrogen-bond donors (Lipinski definition) is 1. The normalized spacial score (nSPS) is 11.9. The van der Waals surface area contributed by atoms with Gasteiger partial charge in [-0.15, -0.1) is 0 Å². The molecule has 0 atom stereocenters. The molecule has 0 aromatic rings. The predicted octanol–water partition coefficient (Wildman–Crippen LogP) is 3.40. The molecule has 1 N–H and O–H groups in total. The molecule has 0 heterocycles. The molecule has 1 amide bonds. The SMILES string of the molecule is CCCCOC(=O)NC(C(=O)OCC)=C(C)CC(C)C. The highest BCUT2D eigenvalue weighted by atomic mass is 16.6. The summed E-state index contributed by atoms with van der Waals surface area (Å²) < 4.78 is 9.97. The molecule has 0 aliphatic heterocycles. The Bertz CT molecular complexity index is 348. The Hall–Kier alpha value is -1.52. The van der Waals surface area contributed by atoms with Crippen LogP contribution in [0.4, 0.5) is 4.79 Å². The van der Waals surface area contributed by atoms with E-state index in [1.165, 1.54) is 0 Å². The summed E-state index contributed by atoms with van der Waals surface area (Å²) in [6.45, 7) is 10.3. The van der Waals surface area contributed by atoms with Gasteiger partial charge in [0.25, 0.3) is 0 Å². The third-order valence-electron chi connectivity index (χ3n) is 2.58. The Balaban J connectivity index is 4.77. The molecular formula is C15H27NO4. The predicted molar refractivity (Wildman–Crippen MR) is 78.2 cm³/mol. The molecule has 116 valence electrons. The van der Waals surface area contributed by atoms with E-state index in [1.807, 2.05) is 27.7 Å². The van der Waals surface area contributed by atoms with Crippen molar-refractivity contribution in [3.8, 4) is 0 Å². The van der Waals surface area contributed by atoms with Crippen LogP contribution in [-0.4, -0.2) is 25.3 Å². The van der Waals surface area contributed by atoms with E-state index in [2.05, 4.69) is 5.32 Å². The first-order valence-electron chi connectivity index (χ1n) is 7.22. The van der Waals surface area contributed by atoms with Crippen molar-refractivity contribution in [3.05, 3.63) is 11.3 Å². The highest BCUT2D eigenvalue weighted by molar-refractivity contribution is 5.92. The number of amides is 1. The number of carbonyl (C=O) groups is 2. The van der Waals surface area contributed by atoms with Gasteiger partial charge in [-0.2, -0.15) is 0 Å². The van der Waals surface area contributed by atoms with Crippen LogP contribution in [0.1, 0.15) is 53.9 Å². The minimum Gasteiger partial charge on any atom is -0.461 e. The van der Waals surface area contributed by atoms with E-state index in [-0.39, 0.29) is 12.3 Å². The fourth-order valence-electron chi connectivity index (χ4n) is 1.70. The average molecular weight is 285 g/mol. The third-order valence-corrected chi connectivity index (χ3v) is 2.58. The lowest BCUT2D eigenvalue weighted by atomic mass is 10.0. The van der Waals surface area contributed by atoms with Gasteiger partial charge in [-0.25, -0.2) is 9.59 Å². The highest BCUT2D eigenvalue weighted by Gasteiger charge is 2.18. The fraction of sp³-hybridized carbons (Fsp3) is 0.733. The van der Waals surface area contributed by atoms with Crippen molar-refractivity contribution < 1.29 is 19.1 Å². The standard InChI is InChI=1S/C15H27NO4/c1-6-8-9-20-15(18)16-13(14(17)19-7-2)12(5)10-11(3)4/h11H,6-10H2,1-5H3,(H,16,18). The third kappa shape index (κ3) is 7.81. The van der Waals surface area contributed by atoms with E-state index in [1.54, 1.807) is 6.92 Å². The van der Waals surface area contributed by atoms with Gasteiger partial charge < -0.3 is 9.47 Å². The number of carbonyl (C=O) groups excluding carboxylic acids is 2. The summed E-state index contributed by atoms with van der Waals surface area (Å²) >= 11 is 0. The average Bonchev–Trinajstić information content (AvgIpc) is 2.35. The number of hydrogen-bond acceptors (Lipinski definition) is 4. The van der Waals surface area contributed by atoms with Gasteiger partial charge >= 0.3 is 12.1 Å². The van der Waals surface area contributed by atoms with Crippen LogP contribution in [0.3, 0.4) is 0 Å². The van der Waals surface area contributed by atoms with Gasteiger partial charge in [-0.1, -0.05) is 27.2 Å². The topological polar surface area (TPSA) is 64.6 Å². The van der Waals surface area contributed by atoms with Crippen molar-refractivity contribution in [1.29, 1.82) is 0 Å². The van der Waals surface area contributed by atoms with Crippen LogP contribution in [0.25, 0.3) is 0 Å². The van der Waals surface area contributed by atoms with E-state index in [4.69, 9.17) is 9.47 Å². The van der Waals surface area contributed by atoms with Gasteiger partial charge in [0.05, 0.1) is 13.2 Å². The Kier molecular flexibility index (Phi) is 9.51. The van der Waals surface area contributed by atoms with Crippen LogP contribution < -0.4 is 5.32 Å². The van der Waals surface area contributed by atoms with Crippen molar-refractivity contribution >= 4 is 12.1 Å². The summed E-state index contributed by atoms with van der Waals surface area (Å²) in [4.78, 5) is 23.5. The number of nitrogens with one attached hydrogen (secondary N) is 1. The first kappa shape index (κ1) is 18.5. The molecule has 0 aliphatic rings. The van der Waals surface area contributed by atoms with E-state index in [0.29, 0.717) is 18.9 Å². The molecule has 0 saturated carbocycles. The van der Waals surface area contributed by atoms with Crippen LogP contribution in [0.5, 0.6) is 0 Å². The van der Waals surface area contributed by atoms with E-state index in [9.17, 15) is 9.59 Å². The molecule has 5 heteroatoms.